The molecule has 2 amide bonds. The highest BCUT2D eigenvalue weighted by Crippen LogP contribution is 2.30. The standard InChI is InChI=1S/C23H28N2O3/c1-17(26)24-12-10-19(11-13-24)15-18-4-6-20(7-5-18)16-25(21-8-9-21)23(27)22-3-2-14-28-22/h2-7,14,19,21H,8-13,15-16H2,1H3. The van der Waals surface area contributed by atoms with Gasteiger partial charge in [-0.05, 0) is 61.3 Å². The zero-order chi connectivity index (χ0) is 19.5. The summed E-state index contributed by atoms with van der Waals surface area (Å²) < 4.78 is 5.30. The number of piperidine rings is 1. The second-order valence-corrected chi connectivity index (χ2v) is 8.11. The highest BCUT2D eigenvalue weighted by atomic mass is 16.3. The van der Waals surface area contributed by atoms with Crippen LogP contribution < -0.4 is 0 Å². The van der Waals surface area contributed by atoms with E-state index in [0.29, 0.717) is 24.3 Å². The molecule has 1 aliphatic heterocycles. The molecule has 0 spiro atoms. The predicted octanol–water partition coefficient (Wildman–Crippen LogP) is 3.89. The number of carbonyl (C=O) groups is 2. The van der Waals surface area contributed by atoms with Gasteiger partial charge in [-0.25, -0.2) is 0 Å². The van der Waals surface area contributed by atoms with E-state index in [1.165, 1.54) is 5.56 Å². The van der Waals surface area contributed by atoms with Gasteiger partial charge < -0.3 is 14.2 Å². The summed E-state index contributed by atoms with van der Waals surface area (Å²) >= 11 is 0. The quantitative estimate of drug-likeness (QED) is 0.764. The number of carbonyl (C=O) groups excluding carboxylic acids is 2. The van der Waals surface area contributed by atoms with E-state index in [1.54, 1.807) is 25.3 Å². The van der Waals surface area contributed by atoms with Gasteiger partial charge in [0, 0.05) is 32.6 Å². The van der Waals surface area contributed by atoms with Gasteiger partial charge in [0.2, 0.25) is 5.91 Å². The van der Waals surface area contributed by atoms with E-state index in [9.17, 15) is 9.59 Å². The van der Waals surface area contributed by atoms with Crippen LogP contribution in [0.4, 0.5) is 0 Å². The third-order valence-corrected chi connectivity index (χ3v) is 5.94. The molecule has 2 heterocycles. The van der Waals surface area contributed by atoms with Gasteiger partial charge >= 0.3 is 0 Å². The van der Waals surface area contributed by atoms with Crippen molar-refractivity contribution in [3.05, 3.63) is 59.5 Å². The third kappa shape index (κ3) is 4.46. The lowest BCUT2D eigenvalue weighted by Gasteiger charge is -2.31. The Morgan fingerprint density at radius 1 is 1.04 bits per heavy atom. The molecular formula is C23H28N2O3. The van der Waals surface area contributed by atoms with Crippen molar-refractivity contribution in [3.8, 4) is 0 Å². The lowest BCUT2D eigenvalue weighted by atomic mass is 9.90. The Labute approximate surface area is 166 Å². The minimum absolute atomic E-state index is 0.0196. The van der Waals surface area contributed by atoms with Crippen molar-refractivity contribution >= 4 is 11.8 Å². The van der Waals surface area contributed by atoms with Crippen LogP contribution in [0.5, 0.6) is 0 Å². The van der Waals surface area contributed by atoms with Gasteiger partial charge in [0.15, 0.2) is 5.76 Å². The molecule has 0 radical (unpaired) electrons. The van der Waals surface area contributed by atoms with Crippen molar-refractivity contribution in [2.75, 3.05) is 13.1 Å². The minimum Gasteiger partial charge on any atom is -0.459 e. The fraction of sp³-hybridized carbons (Fsp3) is 0.478. The maximum Gasteiger partial charge on any atom is 0.290 e. The molecule has 0 atom stereocenters. The Morgan fingerprint density at radius 2 is 1.71 bits per heavy atom. The van der Waals surface area contributed by atoms with Crippen molar-refractivity contribution in [3.63, 3.8) is 0 Å². The third-order valence-electron chi connectivity index (χ3n) is 5.94. The Hall–Kier alpha value is -2.56. The van der Waals surface area contributed by atoms with Crippen molar-refractivity contribution < 1.29 is 14.0 Å². The number of amides is 2. The summed E-state index contributed by atoms with van der Waals surface area (Å²) in [5.41, 5.74) is 2.49. The van der Waals surface area contributed by atoms with Gasteiger partial charge in [-0.3, -0.25) is 9.59 Å². The molecule has 5 heteroatoms. The number of likely N-dealkylation sites (tertiary alicyclic amines) is 1. The highest BCUT2D eigenvalue weighted by Gasteiger charge is 2.34. The van der Waals surface area contributed by atoms with Crippen LogP contribution in [-0.4, -0.2) is 40.7 Å². The Balaban J connectivity index is 1.34. The molecule has 5 nitrogen and oxygen atoms in total. The summed E-state index contributed by atoms with van der Waals surface area (Å²) in [4.78, 5) is 28.0. The highest BCUT2D eigenvalue weighted by molar-refractivity contribution is 5.91. The normalized spacial score (nSPS) is 17.5. The topological polar surface area (TPSA) is 53.8 Å². The lowest BCUT2D eigenvalue weighted by molar-refractivity contribution is -0.130. The molecule has 28 heavy (non-hydrogen) atoms. The molecule has 1 aromatic heterocycles. The van der Waals surface area contributed by atoms with Crippen LogP contribution in [0.3, 0.4) is 0 Å². The van der Waals surface area contributed by atoms with Crippen LogP contribution in [0.2, 0.25) is 0 Å². The summed E-state index contributed by atoms with van der Waals surface area (Å²) in [5.74, 6) is 1.23. The molecular weight excluding hydrogens is 352 g/mol. The summed E-state index contributed by atoms with van der Waals surface area (Å²) in [5, 5.41) is 0. The maximum atomic E-state index is 12.7. The molecule has 2 fully saturated rings. The summed E-state index contributed by atoms with van der Waals surface area (Å²) in [6.45, 7) is 4.04. The number of hydrogen-bond acceptors (Lipinski definition) is 3. The van der Waals surface area contributed by atoms with Crippen molar-refractivity contribution in [2.24, 2.45) is 5.92 Å². The zero-order valence-electron chi connectivity index (χ0n) is 16.5. The molecule has 1 saturated carbocycles. The van der Waals surface area contributed by atoms with E-state index in [1.807, 2.05) is 9.80 Å². The van der Waals surface area contributed by atoms with Gasteiger partial charge in [0.1, 0.15) is 0 Å². The maximum absolute atomic E-state index is 12.7. The largest absolute Gasteiger partial charge is 0.459 e. The first-order chi connectivity index (χ1) is 13.6. The molecule has 1 aromatic carbocycles. The predicted molar refractivity (Wildman–Crippen MR) is 107 cm³/mol. The summed E-state index contributed by atoms with van der Waals surface area (Å²) in [6, 6.07) is 12.5. The van der Waals surface area contributed by atoms with Gasteiger partial charge in [-0.15, -0.1) is 0 Å². The first-order valence-electron chi connectivity index (χ1n) is 10.3. The second-order valence-electron chi connectivity index (χ2n) is 8.11. The van der Waals surface area contributed by atoms with Crippen molar-refractivity contribution in [1.82, 2.24) is 9.80 Å². The molecule has 2 aliphatic rings. The van der Waals surface area contributed by atoms with Crippen LogP contribution in [0.15, 0.2) is 47.1 Å². The van der Waals surface area contributed by atoms with E-state index in [2.05, 4.69) is 24.3 Å². The number of rotatable bonds is 6. The van der Waals surface area contributed by atoms with E-state index >= 15 is 0 Å². The van der Waals surface area contributed by atoms with Crippen LogP contribution in [0, 0.1) is 5.92 Å². The van der Waals surface area contributed by atoms with Crippen molar-refractivity contribution in [1.29, 1.82) is 0 Å². The summed E-state index contributed by atoms with van der Waals surface area (Å²) in [6.07, 6.45) is 6.91. The number of nitrogens with zero attached hydrogens (tertiary/aromatic N) is 2. The lowest BCUT2D eigenvalue weighted by Crippen LogP contribution is -2.37. The van der Waals surface area contributed by atoms with E-state index < -0.39 is 0 Å². The molecule has 1 aliphatic carbocycles. The second kappa shape index (κ2) is 8.21. The van der Waals surface area contributed by atoms with Crippen LogP contribution >= 0.6 is 0 Å². The summed E-state index contributed by atoms with van der Waals surface area (Å²) in [7, 11) is 0. The van der Waals surface area contributed by atoms with Gasteiger partial charge in [-0.1, -0.05) is 24.3 Å². The Morgan fingerprint density at radius 3 is 2.29 bits per heavy atom. The zero-order valence-corrected chi connectivity index (χ0v) is 16.5. The first kappa shape index (κ1) is 18.8. The van der Waals surface area contributed by atoms with Crippen LogP contribution in [0.25, 0.3) is 0 Å². The molecule has 4 rings (SSSR count). The van der Waals surface area contributed by atoms with Gasteiger partial charge in [0.05, 0.1) is 6.26 Å². The van der Waals surface area contributed by atoms with E-state index in [4.69, 9.17) is 4.42 Å². The molecule has 0 bridgehead atoms. The van der Waals surface area contributed by atoms with Gasteiger partial charge in [0.25, 0.3) is 5.91 Å². The fourth-order valence-corrected chi connectivity index (χ4v) is 4.06. The molecule has 0 unspecified atom stereocenters. The number of benzene rings is 1. The molecule has 0 N–H and O–H groups in total. The molecule has 1 saturated heterocycles. The number of furan rings is 1. The SMILES string of the molecule is CC(=O)N1CCC(Cc2ccc(CN(C(=O)c3ccco3)C3CC3)cc2)CC1. The fourth-order valence-electron chi connectivity index (χ4n) is 4.06. The van der Waals surface area contributed by atoms with Crippen LogP contribution in [-0.2, 0) is 17.8 Å². The average Bonchev–Trinajstić information content (AvgIpc) is 3.40. The monoisotopic (exact) mass is 380 g/mol. The number of hydrogen-bond donors (Lipinski definition) is 0. The Kier molecular flexibility index (Phi) is 5.51. The minimum atomic E-state index is -0.0196. The first-order valence-corrected chi connectivity index (χ1v) is 10.3. The van der Waals surface area contributed by atoms with E-state index in [0.717, 1.165) is 50.8 Å². The van der Waals surface area contributed by atoms with Gasteiger partial charge in [-0.2, -0.15) is 0 Å². The van der Waals surface area contributed by atoms with Crippen LogP contribution in [0.1, 0.15) is 54.3 Å². The Bertz CT molecular complexity index is 801. The van der Waals surface area contributed by atoms with E-state index in [-0.39, 0.29) is 11.8 Å². The van der Waals surface area contributed by atoms with Crippen molar-refractivity contribution in [2.45, 2.75) is 51.6 Å². The smallest absolute Gasteiger partial charge is 0.290 e. The molecule has 2 aromatic rings. The average molecular weight is 380 g/mol. The molecule has 148 valence electrons.